The summed E-state index contributed by atoms with van der Waals surface area (Å²) in [4.78, 5) is 12.0. The van der Waals surface area contributed by atoms with E-state index in [4.69, 9.17) is 14.2 Å². The van der Waals surface area contributed by atoms with Crippen molar-refractivity contribution in [3.8, 4) is 11.5 Å². The molecule has 1 fully saturated rings. The van der Waals surface area contributed by atoms with Crippen LogP contribution >= 0.6 is 0 Å². The van der Waals surface area contributed by atoms with Crippen LogP contribution in [0.3, 0.4) is 0 Å². The number of carbonyl (C=O) groups is 1. The molecule has 0 N–H and O–H groups in total. The van der Waals surface area contributed by atoms with E-state index >= 15 is 0 Å². The van der Waals surface area contributed by atoms with Gasteiger partial charge in [0.25, 0.3) is 0 Å². The fourth-order valence-corrected chi connectivity index (χ4v) is 5.48. The van der Waals surface area contributed by atoms with Crippen molar-refractivity contribution in [3.63, 3.8) is 0 Å². The third-order valence-corrected chi connectivity index (χ3v) is 6.82. The topological polar surface area (TPSA) is 44.8 Å². The molecule has 1 aliphatic carbocycles. The second kappa shape index (κ2) is 11.3. The number of hydrogen-bond donors (Lipinski definition) is 0. The van der Waals surface area contributed by atoms with Crippen molar-refractivity contribution in [2.45, 2.75) is 116 Å². The van der Waals surface area contributed by atoms with Gasteiger partial charge < -0.3 is 14.2 Å². The lowest BCUT2D eigenvalue weighted by molar-refractivity contribution is -0.155. The molecule has 1 saturated carbocycles. The molecule has 0 spiro atoms. The van der Waals surface area contributed by atoms with E-state index in [2.05, 4.69) is 75.9 Å². The van der Waals surface area contributed by atoms with Gasteiger partial charge in [0.05, 0.1) is 0 Å². The fraction of sp³-hybridized carbons (Fsp3) is 0.545. The van der Waals surface area contributed by atoms with Gasteiger partial charge in [-0.3, -0.25) is 0 Å². The average molecular weight is 507 g/mol. The second-order valence-electron chi connectivity index (χ2n) is 12.9. The summed E-state index contributed by atoms with van der Waals surface area (Å²) in [5, 5.41) is 0. The Morgan fingerprint density at radius 3 is 1.51 bits per heavy atom. The SMILES string of the molecule is C=C(C)C(=O)OC(C)(C)CC(C)(C)Oc1ccc(C2CCC(c3ccc(OC(C)(C)C)cc3)CC2)cc1. The molecule has 0 saturated heterocycles. The number of ether oxygens (including phenoxy) is 3. The zero-order valence-electron chi connectivity index (χ0n) is 24.1. The maximum absolute atomic E-state index is 12.0. The molecule has 0 radical (unpaired) electrons. The van der Waals surface area contributed by atoms with Crippen LogP contribution in [0.4, 0.5) is 0 Å². The Kier molecular flexibility index (Phi) is 8.82. The normalized spacial score (nSPS) is 18.7. The lowest BCUT2D eigenvalue weighted by Gasteiger charge is -2.35. The van der Waals surface area contributed by atoms with Gasteiger partial charge in [-0.05, 0) is 128 Å². The van der Waals surface area contributed by atoms with Gasteiger partial charge in [-0.15, -0.1) is 0 Å². The standard InChI is InChI=1S/C33H46O4/c1-23(2)30(34)37-33(8,9)22-32(6,7)36-29-20-16-27(17-21-29)25-12-10-24(11-13-25)26-14-18-28(19-15-26)35-31(3,4)5/h14-21,24-25H,1,10-13,22H2,2-9H3. The van der Waals surface area contributed by atoms with Gasteiger partial charge in [-0.1, -0.05) is 30.8 Å². The van der Waals surface area contributed by atoms with Gasteiger partial charge in [0.1, 0.15) is 28.3 Å². The Hall–Kier alpha value is -2.75. The number of carbonyl (C=O) groups excluding carboxylic acids is 1. The minimum Gasteiger partial charge on any atom is -0.488 e. The van der Waals surface area contributed by atoms with E-state index in [1.54, 1.807) is 6.92 Å². The molecule has 1 aliphatic rings. The van der Waals surface area contributed by atoms with Gasteiger partial charge in [-0.2, -0.15) is 0 Å². The molecule has 0 amide bonds. The zero-order chi connectivity index (χ0) is 27.4. The smallest absolute Gasteiger partial charge is 0.333 e. The predicted molar refractivity (Wildman–Crippen MR) is 152 cm³/mol. The van der Waals surface area contributed by atoms with Crippen LogP contribution in [0, 0.1) is 0 Å². The van der Waals surface area contributed by atoms with Crippen molar-refractivity contribution in [1.82, 2.24) is 0 Å². The van der Waals surface area contributed by atoms with Crippen molar-refractivity contribution in [2.24, 2.45) is 0 Å². The minimum absolute atomic E-state index is 0.175. The van der Waals surface area contributed by atoms with Crippen LogP contribution in [0.5, 0.6) is 11.5 Å². The van der Waals surface area contributed by atoms with Gasteiger partial charge in [-0.25, -0.2) is 4.79 Å². The monoisotopic (exact) mass is 506 g/mol. The van der Waals surface area contributed by atoms with E-state index in [1.807, 2.05) is 27.7 Å². The number of rotatable bonds is 9. The summed E-state index contributed by atoms with van der Waals surface area (Å²) >= 11 is 0. The molecule has 3 rings (SSSR count). The number of benzene rings is 2. The van der Waals surface area contributed by atoms with Crippen LogP contribution < -0.4 is 9.47 Å². The first kappa shape index (κ1) is 28.8. The van der Waals surface area contributed by atoms with Gasteiger partial charge in [0.2, 0.25) is 0 Å². The highest BCUT2D eigenvalue weighted by Crippen LogP contribution is 2.41. The average Bonchev–Trinajstić information content (AvgIpc) is 2.78. The third-order valence-electron chi connectivity index (χ3n) is 6.82. The fourth-order valence-electron chi connectivity index (χ4n) is 5.48. The molecular formula is C33H46O4. The molecular weight excluding hydrogens is 460 g/mol. The molecule has 0 atom stereocenters. The lowest BCUT2D eigenvalue weighted by Crippen LogP contribution is -2.40. The molecule has 202 valence electrons. The largest absolute Gasteiger partial charge is 0.488 e. The van der Waals surface area contributed by atoms with Gasteiger partial charge in [0.15, 0.2) is 0 Å². The Bertz CT molecular complexity index is 1050. The Morgan fingerprint density at radius 1 is 0.730 bits per heavy atom. The van der Waals surface area contributed by atoms with E-state index in [-0.39, 0.29) is 11.6 Å². The van der Waals surface area contributed by atoms with Crippen LogP contribution in [-0.4, -0.2) is 22.8 Å². The molecule has 0 unspecified atom stereocenters. The van der Waals surface area contributed by atoms with Crippen molar-refractivity contribution < 1.29 is 19.0 Å². The Balaban J connectivity index is 1.53. The lowest BCUT2D eigenvalue weighted by atomic mass is 9.76. The molecule has 0 aromatic heterocycles. The highest BCUT2D eigenvalue weighted by molar-refractivity contribution is 5.87. The second-order valence-corrected chi connectivity index (χ2v) is 12.9. The summed E-state index contributed by atoms with van der Waals surface area (Å²) in [6, 6.07) is 17.3. The molecule has 2 aromatic rings. The first-order chi connectivity index (χ1) is 17.1. The van der Waals surface area contributed by atoms with Crippen LogP contribution in [0.25, 0.3) is 0 Å². The van der Waals surface area contributed by atoms with Gasteiger partial charge in [0, 0.05) is 12.0 Å². The highest BCUT2D eigenvalue weighted by Gasteiger charge is 2.34. The van der Waals surface area contributed by atoms with E-state index in [9.17, 15) is 4.79 Å². The third kappa shape index (κ3) is 8.94. The summed E-state index contributed by atoms with van der Waals surface area (Å²) in [6.07, 6.45) is 5.35. The van der Waals surface area contributed by atoms with Crippen molar-refractivity contribution in [3.05, 3.63) is 71.8 Å². The quantitative estimate of drug-likeness (QED) is 0.252. The van der Waals surface area contributed by atoms with Crippen molar-refractivity contribution >= 4 is 5.97 Å². The molecule has 0 aliphatic heterocycles. The van der Waals surface area contributed by atoms with E-state index in [0.717, 1.165) is 11.5 Å². The van der Waals surface area contributed by atoms with Crippen LogP contribution in [0.15, 0.2) is 60.7 Å². The minimum atomic E-state index is -0.655. The Morgan fingerprint density at radius 2 is 1.14 bits per heavy atom. The molecule has 2 aromatic carbocycles. The number of esters is 1. The summed E-state index contributed by atoms with van der Waals surface area (Å²) in [6.45, 7) is 19.4. The van der Waals surface area contributed by atoms with Crippen molar-refractivity contribution in [1.29, 1.82) is 0 Å². The highest BCUT2D eigenvalue weighted by atomic mass is 16.6. The molecule has 0 heterocycles. The van der Waals surface area contributed by atoms with Crippen molar-refractivity contribution in [2.75, 3.05) is 0 Å². The maximum atomic E-state index is 12.0. The van der Waals surface area contributed by atoms with E-state index in [0.29, 0.717) is 23.8 Å². The van der Waals surface area contributed by atoms with Crippen LogP contribution in [0.2, 0.25) is 0 Å². The van der Waals surface area contributed by atoms with Gasteiger partial charge >= 0.3 is 5.97 Å². The van der Waals surface area contributed by atoms with Crippen LogP contribution in [0.1, 0.15) is 110 Å². The van der Waals surface area contributed by atoms with E-state index < -0.39 is 11.2 Å². The molecule has 4 nitrogen and oxygen atoms in total. The molecule has 0 bridgehead atoms. The Labute approximate surface area is 224 Å². The number of hydrogen-bond acceptors (Lipinski definition) is 4. The van der Waals surface area contributed by atoms with Crippen LogP contribution in [-0.2, 0) is 9.53 Å². The van der Waals surface area contributed by atoms with E-state index in [1.165, 1.54) is 36.8 Å². The molecule has 4 heteroatoms. The first-order valence-electron chi connectivity index (χ1n) is 13.6. The zero-order valence-corrected chi connectivity index (χ0v) is 24.1. The first-order valence-corrected chi connectivity index (χ1v) is 13.6. The molecule has 37 heavy (non-hydrogen) atoms. The summed E-state index contributed by atoms with van der Waals surface area (Å²) in [5.41, 5.74) is 1.88. The summed E-state index contributed by atoms with van der Waals surface area (Å²) in [7, 11) is 0. The summed E-state index contributed by atoms with van der Waals surface area (Å²) < 4.78 is 17.9. The predicted octanol–water partition coefficient (Wildman–Crippen LogP) is 8.75. The maximum Gasteiger partial charge on any atom is 0.333 e. The summed E-state index contributed by atoms with van der Waals surface area (Å²) in [5.74, 6) is 2.60.